The standard InChI is InChI=1S/C11H9ClN2O2.C9H8N2O/c1-7-6-14(11(15)16-7)9-3-2-8(5-13)10(12)4-9;1-7-2-4-8(5-3-7)9-11-10-6-12-9/h2-4,7H,6H2,1H3;2-6H,1H3. The Balaban J connectivity index is 0.000000167. The first-order valence-electron chi connectivity index (χ1n) is 8.49. The molecule has 4 rings (SSSR count). The minimum Gasteiger partial charge on any atom is -0.444 e. The van der Waals surface area contributed by atoms with E-state index in [1.807, 2.05) is 44.2 Å². The number of cyclic esters (lactones) is 1. The number of nitrogens with zero attached hydrogens (tertiary/aromatic N) is 4. The van der Waals surface area contributed by atoms with Crippen LogP contribution in [0.25, 0.3) is 11.5 Å². The quantitative estimate of drug-likeness (QED) is 0.628. The van der Waals surface area contributed by atoms with Crippen molar-refractivity contribution in [3.8, 4) is 17.5 Å². The van der Waals surface area contributed by atoms with E-state index in [0.717, 1.165) is 5.56 Å². The van der Waals surface area contributed by atoms with E-state index in [4.69, 9.17) is 26.0 Å². The third-order valence-corrected chi connectivity index (χ3v) is 4.32. The molecule has 1 amide bonds. The van der Waals surface area contributed by atoms with Gasteiger partial charge in [0.1, 0.15) is 12.2 Å². The lowest BCUT2D eigenvalue weighted by Crippen LogP contribution is -2.23. The number of anilines is 1. The van der Waals surface area contributed by atoms with Gasteiger partial charge in [0.2, 0.25) is 12.3 Å². The molecule has 0 saturated carbocycles. The molecule has 0 aliphatic carbocycles. The highest BCUT2D eigenvalue weighted by molar-refractivity contribution is 6.32. The lowest BCUT2D eigenvalue weighted by molar-refractivity contribution is 0.150. The molecule has 2 aromatic carbocycles. The molecule has 1 aromatic heterocycles. The first-order chi connectivity index (χ1) is 13.5. The van der Waals surface area contributed by atoms with Gasteiger partial charge < -0.3 is 9.15 Å². The van der Waals surface area contributed by atoms with E-state index in [1.165, 1.54) is 16.9 Å². The molecule has 1 atom stereocenters. The van der Waals surface area contributed by atoms with Crippen LogP contribution in [0.2, 0.25) is 5.02 Å². The van der Waals surface area contributed by atoms with Gasteiger partial charge in [-0.3, -0.25) is 4.90 Å². The molecule has 1 unspecified atom stereocenters. The van der Waals surface area contributed by atoms with Crippen molar-refractivity contribution in [1.29, 1.82) is 5.26 Å². The zero-order valence-electron chi connectivity index (χ0n) is 15.3. The molecule has 1 fully saturated rings. The largest absolute Gasteiger partial charge is 0.444 e. The summed E-state index contributed by atoms with van der Waals surface area (Å²) in [6, 6.07) is 14.8. The summed E-state index contributed by atoms with van der Waals surface area (Å²) in [5.74, 6) is 0.565. The zero-order valence-corrected chi connectivity index (χ0v) is 16.1. The Morgan fingerprint density at radius 2 is 2.00 bits per heavy atom. The number of hydrogen-bond donors (Lipinski definition) is 0. The fourth-order valence-electron chi connectivity index (χ4n) is 2.57. The Morgan fingerprint density at radius 1 is 1.25 bits per heavy atom. The van der Waals surface area contributed by atoms with E-state index in [-0.39, 0.29) is 12.2 Å². The zero-order chi connectivity index (χ0) is 20.1. The number of rotatable bonds is 2. The first kappa shape index (κ1) is 19.4. The molecule has 8 heteroatoms. The third kappa shape index (κ3) is 4.48. The molecule has 3 aromatic rings. The van der Waals surface area contributed by atoms with Crippen LogP contribution in [0, 0.1) is 18.3 Å². The average Bonchev–Trinajstić information content (AvgIpc) is 3.32. The molecule has 28 heavy (non-hydrogen) atoms. The van der Waals surface area contributed by atoms with E-state index in [1.54, 1.807) is 18.2 Å². The number of aryl methyl sites for hydroxylation is 1. The summed E-state index contributed by atoms with van der Waals surface area (Å²) in [4.78, 5) is 12.9. The van der Waals surface area contributed by atoms with Crippen molar-refractivity contribution >= 4 is 23.4 Å². The second-order valence-electron chi connectivity index (χ2n) is 6.19. The number of ether oxygens (including phenoxy) is 1. The first-order valence-corrected chi connectivity index (χ1v) is 8.86. The van der Waals surface area contributed by atoms with Crippen LogP contribution in [0.5, 0.6) is 0 Å². The van der Waals surface area contributed by atoms with Crippen molar-refractivity contribution in [3.63, 3.8) is 0 Å². The average molecular weight is 397 g/mol. The third-order valence-electron chi connectivity index (χ3n) is 4.01. The number of amides is 1. The Morgan fingerprint density at radius 3 is 2.54 bits per heavy atom. The highest BCUT2D eigenvalue weighted by atomic mass is 35.5. The molecule has 1 aliphatic rings. The summed E-state index contributed by atoms with van der Waals surface area (Å²) in [5.41, 5.74) is 3.22. The van der Waals surface area contributed by atoms with Crippen LogP contribution in [0.1, 0.15) is 18.1 Å². The SMILES string of the molecule is CC1CN(c2ccc(C#N)c(Cl)c2)C(=O)O1.Cc1ccc(-c2nnco2)cc1. The van der Waals surface area contributed by atoms with Crippen molar-refractivity contribution in [1.82, 2.24) is 10.2 Å². The maximum Gasteiger partial charge on any atom is 0.414 e. The predicted octanol–water partition coefficient (Wildman–Crippen LogP) is 4.60. The molecule has 0 radical (unpaired) electrons. The molecule has 1 saturated heterocycles. The minimum absolute atomic E-state index is 0.123. The summed E-state index contributed by atoms with van der Waals surface area (Å²) in [7, 11) is 0. The van der Waals surface area contributed by atoms with Crippen LogP contribution < -0.4 is 4.90 Å². The number of hydrogen-bond acceptors (Lipinski definition) is 6. The van der Waals surface area contributed by atoms with Gasteiger partial charge in [-0.2, -0.15) is 5.26 Å². The summed E-state index contributed by atoms with van der Waals surface area (Å²) >= 11 is 5.89. The van der Waals surface area contributed by atoms with Crippen molar-refractivity contribution in [2.75, 3.05) is 11.4 Å². The summed E-state index contributed by atoms with van der Waals surface area (Å²) in [6.07, 6.45) is 0.824. The maximum absolute atomic E-state index is 11.4. The van der Waals surface area contributed by atoms with E-state index in [0.29, 0.717) is 28.7 Å². The molecular weight excluding hydrogens is 380 g/mol. The van der Waals surface area contributed by atoms with Crippen molar-refractivity contribution in [2.24, 2.45) is 0 Å². The van der Waals surface area contributed by atoms with E-state index in [2.05, 4.69) is 10.2 Å². The summed E-state index contributed by atoms with van der Waals surface area (Å²) in [5, 5.41) is 16.5. The van der Waals surface area contributed by atoms with Crippen LogP contribution in [-0.4, -0.2) is 28.9 Å². The molecule has 2 heterocycles. The topological polar surface area (TPSA) is 92.2 Å². The fourth-order valence-corrected chi connectivity index (χ4v) is 2.79. The van der Waals surface area contributed by atoms with Crippen LogP contribution >= 0.6 is 11.6 Å². The van der Waals surface area contributed by atoms with Gasteiger partial charge in [0.15, 0.2) is 0 Å². The molecule has 0 bridgehead atoms. The fraction of sp³-hybridized carbons (Fsp3) is 0.200. The van der Waals surface area contributed by atoms with Gasteiger partial charge in [0, 0.05) is 11.3 Å². The smallest absolute Gasteiger partial charge is 0.414 e. The Hall–Kier alpha value is -3.37. The number of halogens is 1. The highest BCUT2D eigenvalue weighted by Gasteiger charge is 2.29. The van der Waals surface area contributed by atoms with Gasteiger partial charge >= 0.3 is 6.09 Å². The maximum atomic E-state index is 11.4. The van der Waals surface area contributed by atoms with Crippen LogP contribution in [-0.2, 0) is 4.74 Å². The molecule has 7 nitrogen and oxygen atoms in total. The lowest BCUT2D eigenvalue weighted by atomic mass is 10.1. The molecule has 0 spiro atoms. The van der Waals surface area contributed by atoms with Crippen molar-refractivity contribution in [3.05, 3.63) is 65.0 Å². The normalized spacial score (nSPS) is 15.4. The molecular formula is C20H17ClN4O3. The Kier molecular flexibility index (Phi) is 5.92. The second-order valence-corrected chi connectivity index (χ2v) is 6.60. The molecule has 0 N–H and O–H groups in total. The van der Waals surface area contributed by atoms with Gasteiger partial charge in [-0.05, 0) is 44.2 Å². The van der Waals surface area contributed by atoms with Gasteiger partial charge in [-0.25, -0.2) is 4.79 Å². The lowest BCUT2D eigenvalue weighted by Gasteiger charge is -2.13. The Labute approximate surface area is 167 Å². The van der Waals surface area contributed by atoms with Crippen molar-refractivity contribution < 1.29 is 13.9 Å². The molecule has 1 aliphatic heterocycles. The number of nitriles is 1. The number of benzene rings is 2. The summed E-state index contributed by atoms with van der Waals surface area (Å²) in [6.45, 7) is 4.36. The minimum atomic E-state index is -0.381. The Bertz CT molecular complexity index is 997. The number of carbonyl (C=O) groups is 1. The van der Waals surface area contributed by atoms with Crippen LogP contribution in [0.15, 0.2) is 53.3 Å². The summed E-state index contributed by atoms with van der Waals surface area (Å²) < 4.78 is 10.0. The van der Waals surface area contributed by atoms with Gasteiger partial charge in [-0.15, -0.1) is 10.2 Å². The van der Waals surface area contributed by atoms with E-state index >= 15 is 0 Å². The highest BCUT2D eigenvalue weighted by Crippen LogP contribution is 2.26. The van der Waals surface area contributed by atoms with Gasteiger partial charge in [0.05, 0.1) is 17.1 Å². The van der Waals surface area contributed by atoms with Crippen LogP contribution in [0.4, 0.5) is 10.5 Å². The molecule has 142 valence electrons. The van der Waals surface area contributed by atoms with Gasteiger partial charge in [0.25, 0.3) is 0 Å². The van der Waals surface area contributed by atoms with E-state index < -0.39 is 0 Å². The van der Waals surface area contributed by atoms with E-state index in [9.17, 15) is 4.79 Å². The number of aromatic nitrogens is 2. The second kappa shape index (κ2) is 8.55. The van der Waals surface area contributed by atoms with Crippen molar-refractivity contribution in [2.45, 2.75) is 20.0 Å². The predicted molar refractivity (Wildman–Crippen MR) is 104 cm³/mol. The van der Waals surface area contributed by atoms with Crippen LogP contribution in [0.3, 0.4) is 0 Å². The van der Waals surface area contributed by atoms with Gasteiger partial charge in [-0.1, -0.05) is 29.3 Å². The number of carbonyl (C=O) groups excluding carboxylic acids is 1. The monoisotopic (exact) mass is 396 g/mol.